The summed E-state index contributed by atoms with van der Waals surface area (Å²) >= 11 is 5.76. The van der Waals surface area contributed by atoms with Gasteiger partial charge in [0.25, 0.3) is 0 Å². The quantitative estimate of drug-likeness (QED) is 0.740. The molecule has 2 aromatic rings. The summed E-state index contributed by atoms with van der Waals surface area (Å²) in [5, 5.41) is 0. The molecule has 0 bridgehead atoms. The van der Waals surface area contributed by atoms with E-state index in [0.29, 0.717) is 5.88 Å². The zero-order chi connectivity index (χ0) is 10.7. The first-order chi connectivity index (χ1) is 7.31. The van der Waals surface area contributed by atoms with Crippen LogP contribution in [0.25, 0.3) is 0 Å². The van der Waals surface area contributed by atoms with Crippen molar-refractivity contribution in [3.8, 4) is 0 Å². The molecule has 0 saturated carbocycles. The van der Waals surface area contributed by atoms with Crippen LogP contribution in [0.4, 0.5) is 0 Å². The number of halogens is 1. The van der Waals surface area contributed by atoms with Crippen molar-refractivity contribution in [3.63, 3.8) is 0 Å². The molecule has 2 heterocycles. The number of aromatic nitrogens is 4. The molecule has 15 heavy (non-hydrogen) atoms. The van der Waals surface area contributed by atoms with Crippen molar-refractivity contribution in [1.29, 1.82) is 0 Å². The summed E-state index contributed by atoms with van der Waals surface area (Å²) in [6, 6.07) is 0. The van der Waals surface area contributed by atoms with E-state index in [1.165, 1.54) is 0 Å². The van der Waals surface area contributed by atoms with Gasteiger partial charge >= 0.3 is 0 Å². The molecule has 5 heteroatoms. The van der Waals surface area contributed by atoms with Gasteiger partial charge < -0.3 is 9.13 Å². The van der Waals surface area contributed by atoms with E-state index < -0.39 is 0 Å². The van der Waals surface area contributed by atoms with Crippen LogP contribution in [0.2, 0.25) is 0 Å². The van der Waals surface area contributed by atoms with Crippen LogP contribution in [0.5, 0.6) is 0 Å². The second-order valence-corrected chi connectivity index (χ2v) is 3.64. The molecule has 0 saturated heterocycles. The summed E-state index contributed by atoms with van der Waals surface area (Å²) in [4.78, 5) is 8.43. The molecule has 0 amide bonds. The molecule has 4 nitrogen and oxygen atoms in total. The number of nitrogens with zero attached hydrogens (tertiary/aromatic N) is 4. The minimum absolute atomic E-state index is 0.452. The third-order valence-electron chi connectivity index (χ3n) is 2.42. The van der Waals surface area contributed by atoms with Crippen molar-refractivity contribution in [2.75, 3.05) is 0 Å². The Kier molecular flexibility index (Phi) is 3.06. The lowest BCUT2D eigenvalue weighted by Gasteiger charge is -2.05. The lowest BCUT2D eigenvalue weighted by atomic mass is 10.4. The van der Waals surface area contributed by atoms with Gasteiger partial charge in [-0.15, -0.1) is 11.6 Å². The Bertz CT molecular complexity index is 432. The normalized spacial score (nSPS) is 10.8. The van der Waals surface area contributed by atoms with E-state index in [1.54, 1.807) is 6.20 Å². The largest absolute Gasteiger partial charge is 0.338 e. The van der Waals surface area contributed by atoms with Crippen LogP contribution in [-0.4, -0.2) is 19.1 Å². The van der Waals surface area contributed by atoms with Crippen molar-refractivity contribution in [2.24, 2.45) is 7.05 Å². The maximum Gasteiger partial charge on any atom is 0.123 e. The Labute approximate surface area is 93.5 Å². The molecule has 0 N–H and O–H groups in total. The Morgan fingerprint density at radius 2 is 1.93 bits per heavy atom. The van der Waals surface area contributed by atoms with Gasteiger partial charge in [-0.2, -0.15) is 0 Å². The van der Waals surface area contributed by atoms with Crippen molar-refractivity contribution in [1.82, 2.24) is 19.1 Å². The number of alkyl halides is 1. The van der Waals surface area contributed by atoms with Crippen LogP contribution >= 0.6 is 11.6 Å². The van der Waals surface area contributed by atoms with Crippen LogP contribution in [-0.2, 0) is 25.9 Å². The first-order valence-corrected chi connectivity index (χ1v) is 5.37. The number of imidazole rings is 2. The topological polar surface area (TPSA) is 35.6 Å². The van der Waals surface area contributed by atoms with Gasteiger partial charge in [-0.1, -0.05) is 0 Å². The van der Waals surface area contributed by atoms with Gasteiger partial charge in [0.05, 0.1) is 5.88 Å². The molecule has 0 aliphatic heterocycles. The van der Waals surface area contributed by atoms with Gasteiger partial charge in [-0.3, -0.25) is 0 Å². The molecular formula is C10H13ClN4. The minimum Gasteiger partial charge on any atom is -0.338 e. The summed E-state index contributed by atoms with van der Waals surface area (Å²) in [5.41, 5.74) is 0. The maximum absolute atomic E-state index is 5.76. The van der Waals surface area contributed by atoms with Gasteiger partial charge in [-0.25, -0.2) is 9.97 Å². The summed E-state index contributed by atoms with van der Waals surface area (Å²) in [5.74, 6) is 2.43. The highest BCUT2D eigenvalue weighted by atomic mass is 35.5. The first-order valence-electron chi connectivity index (χ1n) is 4.83. The van der Waals surface area contributed by atoms with Crippen molar-refractivity contribution >= 4 is 11.6 Å². The molecule has 0 aliphatic carbocycles. The molecule has 0 unspecified atom stereocenters. The van der Waals surface area contributed by atoms with E-state index in [0.717, 1.165) is 24.6 Å². The summed E-state index contributed by atoms with van der Waals surface area (Å²) in [7, 11) is 2.00. The SMILES string of the molecule is Cn1ccnc1CCn1ccnc1CCl. The average molecular weight is 225 g/mol. The van der Waals surface area contributed by atoms with Gasteiger partial charge in [0.15, 0.2) is 0 Å². The van der Waals surface area contributed by atoms with E-state index in [2.05, 4.69) is 14.5 Å². The van der Waals surface area contributed by atoms with E-state index in [-0.39, 0.29) is 0 Å². The number of hydrogen-bond acceptors (Lipinski definition) is 2. The first kappa shape index (κ1) is 10.2. The summed E-state index contributed by atoms with van der Waals surface area (Å²) in [6.45, 7) is 0.868. The highest BCUT2D eigenvalue weighted by molar-refractivity contribution is 6.16. The Morgan fingerprint density at radius 1 is 1.20 bits per heavy atom. The number of hydrogen-bond donors (Lipinski definition) is 0. The Balaban J connectivity index is 2.02. The van der Waals surface area contributed by atoms with Gasteiger partial charge in [0.2, 0.25) is 0 Å². The van der Waals surface area contributed by atoms with Crippen molar-refractivity contribution in [2.45, 2.75) is 18.8 Å². The van der Waals surface area contributed by atoms with E-state index in [4.69, 9.17) is 11.6 Å². The molecule has 0 spiro atoms. The number of rotatable bonds is 4. The Morgan fingerprint density at radius 3 is 2.60 bits per heavy atom. The second kappa shape index (κ2) is 4.49. The molecule has 0 atom stereocenters. The molecule has 0 aromatic carbocycles. The third-order valence-corrected chi connectivity index (χ3v) is 2.66. The molecule has 2 aromatic heterocycles. The van der Waals surface area contributed by atoms with Gasteiger partial charge in [0.1, 0.15) is 11.6 Å². The van der Waals surface area contributed by atoms with E-state index in [1.807, 2.05) is 30.2 Å². The Hall–Kier alpha value is -1.29. The van der Waals surface area contributed by atoms with Crippen molar-refractivity contribution in [3.05, 3.63) is 36.4 Å². The summed E-state index contributed by atoms with van der Waals surface area (Å²) < 4.78 is 4.08. The fraction of sp³-hybridized carbons (Fsp3) is 0.400. The zero-order valence-electron chi connectivity index (χ0n) is 8.60. The smallest absolute Gasteiger partial charge is 0.123 e. The lowest BCUT2D eigenvalue weighted by molar-refractivity contribution is 0.632. The van der Waals surface area contributed by atoms with E-state index in [9.17, 15) is 0 Å². The zero-order valence-corrected chi connectivity index (χ0v) is 9.35. The van der Waals surface area contributed by atoms with Crippen LogP contribution < -0.4 is 0 Å². The highest BCUT2D eigenvalue weighted by Crippen LogP contribution is 2.04. The fourth-order valence-electron chi connectivity index (χ4n) is 1.53. The number of aryl methyl sites for hydroxylation is 3. The van der Waals surface area contributed by atoms with Crippen LogP contribution in [0.15, 0.2) is 24.8 Å². The molecular weight excluding hydrogens is 212 g/mol. The van der Waals surface area contributed by atoms with Crippen LogP contribution in [0, 0.1) is 0 Å². The average Bonchev–Trinajstić information content (AvgIpc) is 2.83. The summed E-state index contributed by atoms with van der Waals surface area (Å²) in [6.07, 6.45) is 8.37. The third kappa shape index (κ3) is 2.21. The molecule has 80 valence electrons. The fourth-order valence-corrected chi connectivity index (χ4v) is 1.76. The van der Waals surface area contributed by atoms with Crippen LogP contribution in [0.1, 0.15) is 11.6 Å². The monoisotopic (exact) mass is 224 g/mol. The molecule has 0 fully saturated rings. The lowest BCUT2D eigenvalue weighted by Crippen LogP contribution is -2.07. The molecule has 0 radical (unpaired) electrons. The second-order valence-electron chi connectivity index (χ2n) is 3.37. The standard InChI is InChI=1S/C10H13ClN4/c1-14-6-3-12-9(14)2-5-15-7-4-13-10(15)8-11/h3-4,6-7H,2,5,8H2,1H3. The minimum atomic E-state index is 0.452. The maximum atomic E-state index is 5.76. The molecule has 0 aliphatic rings. The molecule has 2 rings (SSSR count). The van der Waals surface area contributed by atoms with E-state index >= 15 is 0 Å². The van der Waals surface area contributed by atoms with Crippen molar-refractivity contribution < 1.29 is 0 Å². The van der Waals surface area contributed by atoms with Crippen LogP contribution in [0.3, 0.4) is 0 Å². The van der Waals surface area contributed by atoms with Gasteiger partial charge in [-0.05, 0) is 0 Å². The van der Waals surface area contributed by atoms with Gasteiger partial charge in [0, 0.05) is 44.8 Å². The predicted octanol–water partition coefficient (Wildman–Crippen LogP) is 1.60. The highest BCUT2D eigenvalue weighted by Gasteiger charge is 2.03. The predicted molar refractivity (Wildman–Crippen MR) is 58.7 cm³/mol.